The fourth-order valence-corrected chi connectivity index (χ4v) is 1.96. The lowest BCUT2D eigenvalue weighted by molar-refractivity contribution is -0.304. The second-order valence-corrected chi connectivity index (χ2v) is 4.49. The quantitative estimate of drug-likeness (QED) is 0.560. The minimum atomic E-state index is -1.41. The highest BCUT2D eigenvalue weighted by atomic mass is 16.7. The van der Waals surface area contributed by atoms with Gasteiger partial charge in [-0.25, -0.2) is 0 Å². The first-order chi connectivity index (χ1) is 9.13. The molecule has 0 spiro atoms. The summed E-state index contributed by atoms with van der Waals surface area (Å²) in [5.41, 5.74) is 0.888. The zero-order valence-electron chi connectivity index (χ0n) is 10.3. The Bertz CT molecular complexity index is 382. The van der Waals surface area contributed by atoms with Crippen molar-refractivity contribution in [2.45, 2.75) is 37.3 Å². The van der Waals surface area contributed by atoms with Crippen molar-refractivity contribution in [3.63, 3.8) is 0 Å². The first-order valence-corrected chi connectivity index (χ1v) is 6.09. The van der Waals surface area contributed by atoms with Crippen LogP contribution in [0.3, 0.4) is 0 Å². The van der Waals surface area contributed by atoms with Gasteiger partial charge >= 0.3 is 0 Å². The zero-order chi connectivity index (χ0) is 13.8. The minimum Gasteiger partial charge on any atom is -0.394 e. The molecular formula is C13H18O6. The third kappa shape index (κ3) is 3.30. The average molecular weight is 270 g/mol. The van der Waals surface area contributed by atoms with Crippen LogP contribution < -0.4 is 0 Å². The molecule has 1 aliphatic heterocycles. The van der Waals surface area contributed by atoms with E-state index >= 15 is 0 Å². The molecule has 106 valence electrons. The molecule has 0 aromatic heterocycles. The van der Waals surface area contributed by atoms with Crippen molar-refractivity contribution >= 4 is 0 Å². The Morgan fingerprint density at radius 2 is 1.68 bits per heavy atom. The molecule has 0 saturated carbocycles. The Morgan fingerprint density at radius 3 is 2.32 bits per heavy atom. The SMILES string of the molecule is OC[C@@H]1O[C@H](OCc2ccccc2)[C@H](O)[C@H](O)[C@@H]1O. The van der Waals surface area contributed by atoms with Gasteiger partial charge in [-0.3, -0.25) is 0 Å². The maximum atomic E-state index is 9.76. The molecule has 0 radical (unpaired) electrons. The van der Waals surface area contributed by atoms with Gasteiger partial charge in [0.05, 0.1) is 13.2 Å². The zero-order valence-corrected chi connectivity index (χ0v) is 10.3. The van der Waals surface area contributed by atoms with Gasteiger partial charge in [-0.1, -0.05) is 30.3 Å². The van der Waals surface area contributed by atoms with Gasteiger partial charge in [0, 0.05) is 0 Å². The van der Waals surface area contributed by atoms with E-state index < -0.39 is 37.3 Å². The fourth-order valence-electron chi connectivity index (χ4n) is 1.96. The normalized spacial score (nSPS) is 35.3. The maximum Gasteiger partial charge on any atom is 0.187 e. The van der Waals surface area contributed by atoms with Crippen molar-refractivity contribution < 1.29 is 29.9 Å². The lowest BCUT2D eigenvalue weighted by atomic mass is 9.99. The third-order valence-corrected chi connectivity index (χ3v) is 3.11. The summed E-state index contributed by atoms with van der Waals surface area (Å²) in [6, 6.07) is 9.28. The second kappa shape index (κ2) is 6.42. The van der Waals surface area contributed by atoms with E-state index in [1.54, 1.807) is 0 Å². The summed E-state index contributed by atoms with van der Waals surface area (Å²) in [5, 5.41) is 38.0. The molecule has 6 nitrogen and oxygen atoms in total. The smallest absolute Gasteiger partial charge is 0.187 e. The molecule has 1 heterocycles. The van der Waals surface area contributed by atoms with Crippen LogP contribution in [0.5, 0.6) is 0 Å². The van der Waals surface area contributed by atoms with Crippen LogP contribution in [0.4, 0.5) is 0 Å². The molecule has 2 rings (SSSR count). The van der Waals surface area contributed by atoms with Crippen LogP contribution in [0.25, 0.3) is 0 Å². The first kappa shape index (κ1) is 14.4. The van der Waals surface area contributed by atoms with Crippen LogP contribution in [-0.4, -0.2) is 57.7 Å². The van der Waals surface area contributed by atoms with Crippen LogP contribution >= 0.6 is 0 Å². The van der Waals surface area contributed by atoms with E-state index in [1.165, 1.54) is 0 Å². The van der Waals surface area contributed by atoms with Gasteiger partial charge < -0.3 is 29.9 Å². The van der Waals surface area contributed by atoms with Crippen LogP contribution in [0.2, 0.25) is 0 Å². The van der Waals surface area contributed by atoms with Crippen LogP contribution in [-0.2, 0) is 16.1 Å². The molecule has 0 aliphatic carbocycles. The molecule has 1 aromatic rings. The topological polar surface area (TPSA) is 99.4 Å². The van der Waals surface area contributed by atoms with Crippen molar-refractivity contribution in [3.8, 4) is 0 Å². The summed E-state index contributed by atoms with van der Waals surface area (Å²) in [6.07, 6.45) is -6.17. The summed E-state index contributed by atoms with van der Waals surface area (Å²) >= 11 is 0. The van der Waals surface area contributed by atoms with Gasteiger partial charge in [-0.2, -0.15) is 0 Å². The van der Waals surface area contributed by atoms with Gasteiger partial charge in [-0.05, 0) is 5.56 Å². The van der Waals surface area contributed by atoms with Gasteiger partial charge in [-0.15, -0.1) is 0 Å². The van der Waals surface area contributed by atoms with E-state index in [-0.39, 0.29) is 6.61 Å². The first-order valence-electron chi connectivity index (χ1n) is 6.09. The van der Waals surface area contributed by atoms with Crippen LogP contribution in [0.1, 0.15) is 5.56 Å². The molecule has 5 atom stereocenters. The highest BCUT2D eigenvalue weighted by Gasteiger charge is 2.43. The summed E-state index contributed by atoms with van der Waals surface area (Å²) in [5.74, 6) is 0. The highest BCUT2D eigenvalue weighted by molar-refractivity contribution is 5.13. The van der Waals surface area contributed by atoms with E-state index in [1.807, 2.05) is 30.3 Å². The third-order valence-electron chi connectivity index (χ3n) is 3.11. The summed E-state index contributed by atoms with van der Waals surface area (Å²) in [4.78, 5) is 0. The monoisotopic (exact) mass is 270 g/mol. The summed E-state index contributed by atoms with van der Waals surface area (Å²) < 4.78 is 10.6. The summed E-state index contributed by atoms with van der Waals surface area (Å²) in [7, 11) is 0. The predicted octanol–water partition coefficient (Wildman–Crippen LogP) is -0.997. The number of aliphatic hydroxyl groups excluding tert-OH is 4. The van der Waals surface area contributed by atoms with Crippen molar-refractivity contribution in [1.29, 1.82) is 0 Å². The van der Waals surface area contributed by atoms with Gasteiger partial charge in [0.25, 0.3) is 0 Å². The van der Waals surface area contributed by atoms with Gasteiger partial charge in [0.15, 0.2) is 6.29 Å². The molecule has 0 unspecified atom stereocenters. The Labute approximate surface area is 110 Å². The van der Waals surface area contributed by atoms with E-state index in [0.29, 0.717) is 0 Å². The molecular weight excluding hydrogens is 252 g/mol. The Morgan fingerprint density at radius 1 is 1.00 bits per heavy atom. The van der Waals surface area contributed by atoms with Crippen LogP contribution in [0.15, 0.2) is 30.3 Å². The molecule has 4 N–H and O–H groups in total. The Hall–Kier alpha value is -1.02. The molecule has 1 aromatic carbocycles. The number of benzene rings is 1. The van der Waals surface area contributed by atoms with E-state index in [2.05, 4.69) is 0 Å². The van der Waals surface area contributed by atoms with Crippen molar-refractivity contribution in [2.24, 2.45) is 0 Å². The molecule has 1 fully saturated rings. The van der Waals surface area contributed by atoms with Crippen molar-refractivity contribution in [1.82, 2.24) is 0 Å². The van der Waals surface area contributed by atoms with Crippen molar-refractivity contribution in [3.05, 3.63) is 35.9 Å². The summed E-state index contributed by atoms with van der Waals surface area (Å²) in [6.45, 7) is -0.264. The van der Waals surface area contributed by atoms with Gasteiger partial charge in [0.1, 0.15) is 24.4 Å². The molecule has 1 aliphatic rings. The molecule has 0 amide bonds. The molecule has 1 saturated heterocycles. The Balaban J connectivity index is 1.95. The second-order valence-electron chi connectivity index (χ2n) is 4.49. The highest BCUT2D eigenvalue weighted by Crippen LogP contribution is 2.22. The standard InChI is InChI=1S/C13H18O6/c14-6-9-10(15)11(16)12(17)13(19-9)18-7-8-4-2-1-3-5-8/h1-5,9-17H,6-7H2/t9-,10+,11+,12+,13-/m0/s1. The van der Waals surface area contributed by atoms with E-state index in [9.17, 15) is 15.3 Å². The number of hydrogen-bond donors (Lipinski definition) is 4. The number of rotatable bonds is 4. The maximum absolute atomic E-state index is 9.76. The van der Waals surface area contributed by atoms with Gasteiger partial charge in [0.2, 0.25) is 0 Å². The molecule has 6 heteroatoms. The number of ether oxygens (including phenoxy) is 2. The van der Waals surface area contributed by atoms with Crippen LogP contribution in [0, 0.1) is 0 Å². The number of hydrogen-bond acceptors (Lipinski definition) is 6. The largest absolute Gasteiger partial charge is 0.394 e. The van der Waals surface area contributed by atoms with Crippen molar-refractivity contribution in [2.75, 3.05) is 6.61 Å². The average Bonchev–Trinajstić information content (AvgIpc) is 2.45. The minimum absolute atomic E-state index is 0.198. The molecule has 0 bridgehead atoms. The predicted molar refractivity (Wildman–Crippen MR) is 65.0 cm³/mol. The van der Waals surface area contributed by atoms with E-state index in [4.69, 9.17) is 14.6 Å². The fraction of sp³-hybridized carbons (Fsp3) is 0.538. The van der Waals surface area contributed by atoms with E-state index in [0.717, 1.165) is 5.56 Å². The lowest BCUT2D eigenvalue weighted by Gasteiger charge is -2.39. The molecule has 19 heavy (non-hydrogen) atoms. The Kier molecular flexibility index (Phi) is 4.87. The number of aliphatic hydroxyl groups is 4. The lowest BCUT2D eigenvalue weighted by Crippen LogP contribution is -2.59.